The highest BCUT2D eigenvalue weighted by atomic mass is 19.1. The number of rotatable bonds is 5. The van der Waals surface area contributed by atoms with Crippen molar-refractivity contribution < 1.29 is 14.3 Å². The second-order valence-corrected chi connectivity index (χ2v) is 4.46. The Bertz CT molecular complexity index is 506. The fourth-order valence-corrected chi connectivity index (χ4v) is 1.98. The Morgan fingerprint density at radius 2 is 2.33 bits per heavy atom. The van der Waals surface area contributed by atoms with Gasteiger partial charge in [-0.15, -0.1) is 0 Å². The monoisotopic (exact) mass is 248 g/mol. The SMILES string of the molecule is N#Cc1c(F)cccc1NC(CC(=O)O)C1CC1. The first-order valence-corrected chi connectivity index (χ1v) is 5.78. The van der Waals surface area contributed by atoms with E-state index in [1.165, 1.54) is 12.1 Å². The zero-order chi connectivity index (χ0) is 13.1. The van der Waals surface area contributed by atoms with Crippen molar-refractivity contribution in [3.05, 3.63) is 29.6 Å². The van der Waals surface area contributed by atoms with Gasteiger partial charge in [-0.25, -0.2) is 4.39 Å². The Balaban J connectivity index is 2.18. The van der Waals surface area contributed by atoms with Gasteiger partial charge in [-0.2, -0.15) is 5.26 Å². The molecule has 1 aromatic rings. The minimum Gasteiger partial charge on any atom is -0.481 e. The van der Waals surface area contributed by atoms with Crippen molar-refractivity contribution in [1.82, 2.24) is 0 Å². The molecule has 4 nitrogen and oxygen atoms in total. The van der Waals surface area contributed by atoms with E-state index in [0.717, 1.165) is 12.8 Å². The number of nitriles is 1. The highest BCUT2D eigenvalue weighted by molar-refractivity contribution is 5.69. The average Bonchev–Trinajstić information content (AvgIpc) is 3.11. The van der Waals surface area contributed by atoms with Crippen molar-refractivity contribution in [3.63, 3.8) is 0 Å². The molecule has 0 amide bonds. The van der Waals surface area contributed by atoms with Gasteiger partial charge < -0.3 is 10.4 Å². The summed E-state index contributed by atoms with van der Waals surface area (Å²) in [5, 5.41) is 20.7. The Morgan fingerprint density at radius 3 is 2.89 bits per heavy atom. The third-order valence-electron chi connectivity index (χ3n) is 3.05. The van der Waals surface area contributed by atoms with Gasteiger partial charge in [0.05, 0.1) is 12.1 Å². The minimum atomic E-state index is -0.894. The van der Waals surface area contributed by atoms with Gasteiger partial charge in [0, 0.05) is 6.04 Å². The molecule has 1 unspecified atom stereocenters. The summed E-state index contributed by atoms with van der Waals surface area (Å²) in [6.07, 6.45) is 1.93. The van der Waals surface area contributed by atoms with Crippen LogP contribution in [0.4, 0.5) is 10.1 Å². The molecule has 2 rings (SSSR count). The number of carboxylic acid groups (broad SMARTS) is 1. The second-order valence-electron chi connectivity index (χ2n) is 4.46. The standard InChI is InChI=1S/C13H13FN2O2/c14-10-2-1-3-11(9(10)7-15)16-12(6-13(17)18)8-4-5-8/h1-3,8,12,16H,4-6H2,(H,17,18). The number of benzene rings is 1. The first-order valence-electron chi connectivity index (χ1n) is 5.78. The number of anilines is 1. The summed E-state index contributed by atoms with van der Waals surface area (Å²) < 4.78 is 13.4. The van der Waals surface area contributed by atoms with Gasteiger partial charge in [0.1, 0.15) is 17.4 Å². The minimum absolute atomic E-state index is 0.0218. The van der Waals surface area contributed by atoms with E-state index in [0.29, 0.717) is 11.6 Å². The summed E-state index contributed by atoms with van der Waals surface area (Å²) in [7, 11) is 0. The summed E-state index contributed by atoms with van der Waals surface area (Å²) in [4.78, 5) is 10.8. The van der Waals surface area contributed by atoms with Crippen LogP contribution in [0.2, 0.25) is 0 Å². The summed E-state index contributed by atoms with van der Waals surface area (Å²) >= 11 is 0. The molecular formula is C13H13FN2O2. The quantitative estimate of drug-likeness (QED) is 0.839. The van der Waals surface area contributed by atoms with Gasteiger partial charge in [-0.3, -0.25) is 4.79 Å². The molecule has 0 aromatic heterocycles. The number of nitrogens with zero attached hydrogens (tertiary/aromatic N) is 1. The second kappa shape index (κ2) is 5.05. The number of hydrogen-bond donors (Lipinski definition) is 2. The molecule has 0 saturated heterocycles. The molecule has 0 radical (unpaired) electrons. The number of carboxylic acids is 1. The molecule has 1 atom stereocenters. The van der Waals surface area contributed by atoms with Gasteiger partial charge in [0.2, 0.25) is 0 Å². The Kier molecular flexibility index (Phi) is 3.47. The first-order chi connectivity index (χ1) is 8.61. The molecule has 0 spiro atoms. The lowest BCUT2D eigenvalue weighted by molar-refractivity contribution is -0.137. The number of carbonyl (C=O) groups is 1. The Hall–Kier alpha value is -2.09. The van der Waals surface area contributed by atoms with E-state index in [2.05, 4.69) is 5.32 Å². The predicted molar refractivity (Wildman–Crippen MR) is 63.5 cm³/mol. The molecular weight excluding hydrogens is 235 g/mol. The molecule has 0 bridgehead atoms. The van der Waals surface area contributed by atoms with Crippen molar-refractivity contribution in [2.45, 2.75) is 25.3 Å². The summed E-state index contributed by atoms with van der Waals surface area (Å²) in [6, 6.07) is 5.87. The summed E-state index contributed by atoms with van der Waals surface area (Å²) in [6.45, 7) is 0. The zero-order valence-corrected chi connectivity index (χ0v) is 9.69. The van der Waals surface area contributed by atoms with E-state index in [9.17, 15) is 9.18 Å². The maximum absolute atomic E-state index is 13.4. The van der Waals surface area contributed by atoms with E-state index in [-0.39, 0.29) is 18.0 Å². The van der Waals surface area contributed by atoms with Crippen LogP contribution in [0.3, 0.4) is 0 Å². The fourth-order valence-electron chi connectivity index (χ4n) is 1.98. The van der Waals surface area contributed by atoms with E-state index < -0.39 is 11.8 Å². The van der Waals surface area contributed by atoms with Crippen LogP contribution in [0.25, 0.3) is 0 Å². The Labute approximate surface area is 104 Å². The zero-order valence-electron chi connectivity index (χ0n) is 9.69. The van der Waals surface area contributed by atoms with Gasteiger partial charge >= 0.3 is 5.97 Å². The van der Waals surface area contributed by atoms with Crippen LogP contribution in [-0.2, 0) is 4.79 Å². The van der Waals surface area contributed by atoms with Crippen molar-refractivity contribution in [1.29, 1.82) is 5.26 Å². The van der Waals surface area contributed by atoms with Crippen LogP contribution in [0.15, 0.2) is 18.2 Å². The van der Waals surface area contributed by atoms with E-state index in [4.69, 9.17) is 10.4 Å². The van der Waals surface area contributed by atoms with E-state index in [1.807, 2.05) is 0 Å². The van der Waals surface area contributed by atoms with Crippen molar-refractivity contribution in [3.8, 4) is 6.07 Å². The molecule has 0 heterocycles. The largest absolute Gasteiger partial charge is 0.481 e. The molecule has 0 aliphatic heterocycles. The van der Waals surface area contributed by atoms with Crippen molar-refractivity contribution >= 4 is 11.7 Å². The van der Waals surface area contributed by atoms with Gasteiger partial charge in [-0.1, -0.05) is 6.07 Å². The molecule has 1 aliphatic rings. The average molecular weight is 248 g/mol. The van der Waals surface area contributed by atoms with Crippen LogP contribution in [0.5, 0.6) is 0 Å². The van der Waals surface area contributed by atoms with Crippen molar-refractivity contribution in [2.24, 2.45) is 5.92 Å². The van der Waals surface area contributed by atoms with Crippen LogP contribution in [0, 0.1) is 23.1 Å². The molecule has 1 aromatic carbocycles. The normalized spacial score (nSPS) is 15.8. The number of aliphatic carboxylic acids is 1. The van der Waals surface area contributed by atoms with Gasteiger partial charge in [0.15, 0.2) is 0 Å². The van der Waals surface area contributed by atoms with E-state index >= 15 is 0 Å². The topological polar surface area (TPSA) is 73.1 Å². The summed E-state index contributed by atoms with van der Waals surface area (Å²) in [5.74, 6) is -1.18. The molecule has 5 heteroatoms. The lowest BCUT2D eigenvalue weighted by atomic mass is 10.1. The number of nitrogens with one attached hydrogen (secondary N) is 1. The van der Waals surface area contributed by atoms with E-state index in [1.54, 1.807) is 12.1 Å². The number of halogens is 1. The molecule has 18 heavy (non-hydrogen) atoms. The van der Waals surface area contributed by atoms with Gasteiger partial charge in [0.25, 0.3) is 0 Å². The molecule has 1 fully saturated rings. The molecule has 2 N–H and O–H groups in total. The third kappa shape index (κ3) is 2.77. The predicted octanol–water partition coefficient (Wildman–Crippen LogP) is 2.36. The molecule has 1 saturated carbocycles. The first kappa shape index (κ1) is 12.4. The van der Waals surface area contributed by atoms with Gasteiger partial charge in [-0.05, 0) is 30.9 Å². The smallest absolute Gasteiger partial charge is 0.305 e. The van der Waals surface area contributed by atoms with Crippen LogP contribution in [0.1, 0.15) is 24.8 Å². The summed E-state index contributed by atoms with van der Waals surface area (Å²) in [5.41, 5.74) is 0.309. The van der Waals surface area contributed by atoms with Crippen LogP contribution in [-0.4, -0.2) is 17.1 Å². The van der Waals surface area contributed by atoms with Crippen LogP contribution < -0.4 is 5.32 Å². The number of hydrogen-bond acceptors (Lipinski definition) is 3. The lowest BCUT2D eigenvalue weighted by Gasteiger charge is -2.18. The Morgan fingerprint density at radius 1 is 1.61 bits per heavy atom. The maximum atomic E-state index is 13.4. The highest BCUT2D eigenvalue weighted by Crippen LogP contribution is 2.36. The highest BCUT2D eigenvalue weighted by Gasteiger charge is 2.33. The maximum Gasteiger partial charge on any atom is 0.305 e. The lowest BCUT2D eigenvalue weighted by Crippen LogP contribution is -2.25. The van der Waals surface area contributed by atoms with Crippen molar-refractivity contribution in [2.75, 3.05) is 5.32 Å². The third-order valence-corrected chi connectivity index (χ3v) is 3.05. The molecule has 94 valence electrons. The van der Waals surface area contributed by atoms with Crippen LogP contribution >= 0.6 is 0 Å². The fraction of sp³-hybridized carbons (Fsp3) is 0.385. The molecule has 1 aliphatic carbocycles.